The van der Waals surface area contributed by atoms with E-state index in [2.05, 4.69) is 37.2 Å². The second kappa shape index (κ2) is 9.67. The maximum absolute atomic E-state index is 12.8. The number of halogens is 4. The highest BCUT2D eigenvalue weighted by Gasteiger charge is 2.34. The first kappa shape index (κ1) is 22.9. The molecule has 9 heteroatoms. The second-order valence-electron chi connectivity index (χ2n) is 6.80. The topological polar surface area (TPSA) is 58.6 Å². The smallest absolute Gasteiger partial charge is 0.333 e. The Labute approximate surface area is 211 Å². The lowest BCUT2D eigenvalue weighted by atomic mass is 10.1. The summed E-state index contributed by atoms with van der Waals surface area (Å²) in [5, 5.41) is 3.75. The third kappa shape index (κ3) is 4.86. The van der Waals surface area contributed by atoms with Gasteiger partial charge in [0, 0.05) is 15.6 Å². The lowest BCUT2D eigenvalue weighted by Gasteiger charge is -2.12. The number of ether oxygens (including phenoxy) is 1. The van der Waals surface area contributed by atoms with E-state index in [9.17, 15) is 9.59 Å². The van der Waals surface area contributed by atoms with E-state index in [-0.39, 0.29) is 5.70 Å². The lowest BCUT2D eigenvalue weighted by Crippen LogP contribution is -2.30. The summed E-state index contributed by atoms with van der Waals surface area (Å²) < 4.78 is 7.28. The van der Waals surface area contributed by atoms with E-state index in [0.717, 1.165) is 10.5 Å². The molecule has 3 amide bonds. The van der Waals surface area contributed by atoms with Crippen LogP contribution in [-0.2, 0) is 11.4 Å². The van der Waals surface area contributed by atoms with Gasteiger partial charge in [-0.25, -0.2) is 9.69 Å². The van der Waals surface area contributed by atoms with E-state index < -0.39 is 11.9 Å². The van der Waals surface area contributed by atoms with Crippen molar-refractivity contribution in [3.8, 4) is 5.75 Å². The highest BCUT2D eigenvalue weighted by molar-refractivity contribution is 9.11. The van der Waals surface area contributed by atoms with Gasteiger partial charge in [0.2, 0.25) is 0 Å². The van der Waals surface area contributed by atoms with Gasteiger partial charge in [0.15, 0.2) is 0 Å². The van der Waals surface area contributed by atoms with Crippen LogP contribution in [0.2, 0.25) is 10.0 Å². The fourth-order valence-corrected chi connectivity index (χ4v) is 4.86. The van der Waals surface area contributed by atoms with Crippen molar-refractivity contribution in [2.45, 2.75) is 6.61 Å². The first-order chi connectivity index (χ1) is 15.3. The van der Waals surface area contributed by atoms with Gasteiger partial charge >= 0.3 is 6.03 Å². The molecule has 3 aromatic rings. The SMILES string of the molecule is O=C1N/C(=C/c2cc(Br)c(OCc3ccccc3Cl)c(Br)c2)C(=O)N1c1ccc(Cl)cc1. The van der Waals surface area contributed by atoms with E-state index in [0.29, 0.717) is 42.6 Å². The van der Waals surface area contributed by atoms with Crippen LogP contribution in [0.1, 0.15) is 11.1 Å². The molecule has 32 heavy (non-hydrogen) atoms. The molecule has 0 aromatic heterocycles. The molecule has 0 spiro atoms. The molecule has 1 N–H and O–H groups in total. The summed E-state index contributed by atoms with van der Waals surface area (Å²) in [5.41, 5.74) is 2.15. The van der Waals surface area contributed by atoms with Crippen molar-refractivity contribution in [2.24, 2.45) is 0 Å². The van der Waals surface area contributed by atoms with Crippen LogP contribution in [0.15, 0.2) is 75.3 Å². The fraction of sp³-hybridized carbons (Fsp3) is 0.0435. The van der Waals surface area contributed by atoms with Crippen LogP contribution in [-0.4, -0.2) is 11.9 Å². The molecule has 1 aliphatic heterocycles. The van der Waals surface area contributed by atoms with Crippen molar-refractivity contribution >= 4 is 78.8 Å². The molecule has 0 bridgehead atoms. The zero-order valence-corrected chi connectivity index (χ0v) is 20.9. The van der Waals surface area contributed by atoms with Crippen LogP contribution in [0.4, 0.5) is 10.5 Å². The number of carbonyl (C=O) groups excluding carboxylic acids is 2. The Balaban J connectivity index is 1.55. The van der Waals surface area contributed by atoms with E-state index in [1.807, 2.05) is 18.2 Å². The summed E-state index contributed by atoms with van der Waals surface area (Å²) in [6, 6.07) is 17.0. The molecule has 0 radical (unpaired) electrons. The van der Waals surface area contributed by atoms with E-state index in [4.69, 9.17) is 27.9 Å². The van der Waals surface area contributed by atoms with Crippen LogP contribution in [0, 0.1) is 0 Å². The third-order valence-corrected chi connectivity index (χ3v) is 6.42. The molecule has 162 valence electrons. The molecule has 1 aliphatic rings. The maximum Gasteiger partial charge on any atom is 0.333 e. The van der Waals surface area contributed by atoms with Crippen molar-refractivity contribution < 1.29 is 14.3 Å². The third-order valence-electron chi connectivity index (χ3n) is 4.62. The molecule has 0 unspecified atom stereocenters. The number of urea groups is 1. The highest BCUT2D eigenvalue weighted by Crippen LogP contribution is 2.36. The number of hydrogen-bond donors (Lipinski definition) is 1. The number of amides is 3. The van der Waals surface area contributed by atoms with Gasteiger partial charge in [-0.15, -0.1) is 0 Å². The van der Waals surface area contributed by atoms with Crippen molar-refractivity contribution in [1.29, 1.82) is 0 Å². The largest absolute Gasteiger partial charge is 0.486 e. The van der Waals surface area contributed by atoms with Crippen LogP contribution in [0.25, 0.3) is 6.08 Å². The van der Waals surface area contributed by atoms with Gasteiger partial charge in [0.1, 0.15) is 18.1 Å². The van der Waals surface area contributed by atoms with E-state index in [1.165, 1.54) is 0 Å². The number of nitrogens with one attached hydrogen (secondary N) is 1. The number of benzene rings is 3. The Morgan fingerprint density at radius 1 is 0.969 bits per heavy atom. The molecule has 4 rings (SSSR count). The summed E-state index contributed by atoms with van der Waals surface area (Å²) >= 11 is 19.1. The molecular weight excluding hydrogens is 583 g/mol. The van der Waals surface area contributed by atoms with Crippen molar-refractivity contribution in [2.75, 3.05) is 4.90 Å². The molecule has 0 atom stereocenters. The summed E-state index contributed by atoms with van der Waals surface area (Å²) in [5.74, 6) is 0.139. The zero-order valence-electron chi connectivity index (χ0n) is 16.2. The minimum absolute atomic E-state index is 0.161. The van der Waals surface area contributed by atoms with Crippen molar-refractivity contribution in [1.82, 2.24) is 5.32 Å². The number of rotatable bonds is 5. The molecule has 0 saturated carbocycles. The second-order valence-corrected chi connectivity index (χ2v) is 9.35. The average molecular weight is 597 g/mol. The van der Waals surface area contributed by atoms with Crippen LogP contribution < -0.4 is 15.0 Å². The number of nitrogens with zero attached hydrogens (tertiary/aromatic N) is 1. The Kier molecular flexibility index (Phi) is 6.90. The Morgan fingerprint density at radius 2 is 1.62 bits per heavy atom. The van der Waals surface area contributed by atoms with Gasteiger partial charge in [0.25, 0.3) is 5.91 Å². The fourth-order valence-electron chi connectivity index (χ4n) is 3.09. The van der Waals surface area contributed by atoms with Gasteiger partial charge in [-0.05, 0) is 86.0 Å². The van der Waals surface area contributed by atoms with Gasteiger partial charge in [0.05, 0.1) is 14.6 Å². The minimum atomic E-state index is -0.526. The summed E-state index contributed by atoms with van der Waals surface area (Å²) in [7, 11) is 0. The maximum atomic E-state index is 12.8. The Bertz CT molecular complexity index is 1220. The minimum Gasteiger partial charge on any atom is -0.486 e. The predicted molar refractivity (Wildman–Crippen MR) is 133 cm³/mol. The standard InChI is InChI=1S/C23H14Br2Cl2N2O3/c24-17-9-13(10-18(25)21(17)32-12-14-3-1-2-4-19(14)27)11-20-22(30)29(23(31)28-20)16-7-5-15(26)6-8-16/h1-11H,12H2,(H,28,31)/b20-11+. The van der Waals surface area contributed by atoms with Gasteiger partial charge in [-0.1, -0.05) is 41.4 Å². The first-order valence-corrected chi connectivity index (χ1v) is 11.7. The normalized spacial score (nSPS) is 14.8. The average Bonchev–Trinajstić information content (AvgIpc) is 3.02. The summed E-state index contributed by atoms with van der Waals surface area (Å²) in [6.07, 6.45) is 1.60. The number of anilines is 1. The van der Waals surface area contributed by atoms with Crippen molar-refractivity contribution in [3.63, 3.8) is 0 Å². The highest BCUT2D eigenvalue weighted by atomic mass is 79.9. The molecule has 5 nitrogen and oxygen atoms in total. The lowest BCUT2D eigenvalue weighted by molar-refractivity contribution is -0.113. The molecular formula is C23H14Br2Cl2N2O3. The quantitative estimate of drug-likeness (QED) is 0.250. The van der Waals surface area contributed by atoms with Crippen LogP contribution in [0.5, 0.6) is 5.75 Å². The van der Waals surface area contributed by atoms with Gasteiger partial charge < -0.3 is 10.1 Å². The predicted octanol–water partition coefficient (Wildman–Crippen LogP) is 7.19. The monoisotopic (exact) mass is 594 g/mol. The number of hydrogen-bond acceptors (Lipinski definition) is 3. The van der Waals surface area contributed by atoms with Crippen LogP contribution in [0.3, 0.4) is 0 Å². The van der Waals surface area contributed by atoms with Crippen LogP contribution >= 0.6 is 55.1 Å². The van der Waals surface area contributed by atoms with Gasteiger partial charge in [-0.2, -0.15) is 0 Å². The molecule has 1 saturated heterocycles. The molecule has 1 fully saturated rings. The first-order valence-electron chi connectivity index (χ1n) is 9.31. The molecule has 3 aromatic carbocycles. The number of carbonyl (C=O) groups is 2. The van der Waals surface area contributed by atoms with Gasteiger partial charge in [-0.3, -0.25) is 4.79 Å². The summed E-state index contributed by atoms with van der Waals surface area (Å²) in [4.78, 5) is 26.3. The molecule has 1 heterocycles. The molecule has 0 aliphatic carbocycles. The Hall–Kier alpha value is -2.32. The van der Waals surface area contributed by atoms with Crippen molar-refractivity contribution in [3.05, 3.63) is 96.5 Å². The number of imide groups is 1. The van der Waals surface area contributed by atoms with E-state index >= 15 is 0 Å². The zero-order chi connectivity index (χ0) is 22.8. The summed E-state index contributed by atoms with van der Waals surface area (Å²) in [6.45, 7) is 0.294. The Morgan fingerprint density at radius 3 is 2.28 bits per heavy atom. The van der Waals surface area contributed by atoms with E-state index in [1.54, 1.807) is 48.5 Å².